The van der Waals surface area contributed by atoms with Crippen LogP contribution in [0.1, 0.15) is 20.7 Å². The molecule has 0 bridgehead atoms. The molecule has 0 fully saturated rings. The van der Waals surface area contributed by atoms with Crippen molar-refractivity contribution in [1.29, 1.82) is 0 Å². The van der Waals surface area contributed by atoms with E-state index in [9.17, 15) is 52.4 Å². The molecule has 0 saturated carbocycles. The molecule has 0 unspecified atom stereocenters. The van der Waals surface area contributed by atoms with Crippen molar-refractivity contribution in [1.82, 2.24) is 0 Å². The largest absolute Gasteiger partial charge is 0.399 e. The van der Waals surface area contributed by atoms with Crippen molar-refractivity contribution in [3.8, 4) is 0 Å². The Morgan fingerprint density at radius 2 is 0.878 bits per heavy atom. The van der Waals surface area contributed by atoms with Gasteiger partial charge in [-0.2, -0.15) is 33.7 Å². The lowest BCUT2D eigenvalue weighted by atomic mass is 10.1. The van der Waals surface area contributed by atoms with Gasteiger partial charge in [-0.15, -0.1) is 0 Å². The van der Waals surface area contributed by atoms with E-state index in [1.54, 1.807) is 0 Å². The van der Waals surface area contributed by atoms with Crippen LogP contribution >= 0.6 is 0 Å². The highest BCUT2D eigenvalue weighted by Gasteiger charge is 2.24. The zero-order chi connectivity index (χ0) is 31.1. The van der Waals surface area contributed by atoms with Gasteiger partial charge in [-0.25, -0.2) is 0 Å². The van der Waals surface area contributed by atoms with E-state index in [1.165, 1.54) is 0 Å². The normalized spacial score (nSPS) is 12.5. The number of nitrogens with one attached hydrogen (secondary N) is 2. The average molecular weight is 652 g/mol. The Balaban J connectivity index is 1.99. The third-order valence-electron chi connectivity index (χ3n) is 5.03. The maximum Gasteiger partial charge on any atom is 0.296 e. The summed E-state index contributed by atoms with van der Waals surface area (Å²) in [5.74, 6) is -2.26. The fourth-order valence-electron chi connectivity index (χ4n) is 3.26. The molecule has 0 aliphatic heterocycles. The molecular formula is C20H17N3O14S4. The number of benzene rings is 3. The predicted octanol–water partition coefficient (Wildman–Crippen LogP) is 0.760. The van der Waals surface area contributed by atoms with Gasteiger partial charge in [0.25, 0.3) is 52.3 Å². The highest BCUT2D eigenvalue weighted by atomic mass is 32.2. The van der Waals surface area contributed by atoms with Crippen LogP contribution in [0.3, 0.4) is 0 Å². The molecule has 41 heavy (non-hydrogen) atoms. The van der Waals surface area contributed by atoms with Crippen molar-refractivity contribution in [3.05, 3.63) is 65.7 Å². The topological polar surface area (TPSA) is 302 Å². The highest BCUT2D eigenvalue weighted by Crippen LogP contribution is 2.28. The van der Waals surface area contributed by atoms with E-state index in [0.717, 1.165) is 42.5 Å². The molecule has 8 N–H and O–H groups in total. The molecule has 21 heteroatoms. The minimum atomic E-state index is -5.14. The van der Waals surface area contributed by atoms with E-state index in [4.69, 9.17) is 14.8 Å². The molecule has 0 heterocycles. The molecule has 0 saturated heterocycles. The minimum absolute atomic E-state index is 0.212. The van der Waals surface area contributed by atoms with Crippen LogP contribution in [0.15, 0.2) is 74.2 Å². The Morgan fingerprint density at radius 3 is 1.17 bits per heavy atom. The maximum atomic E-state index is 12.8. The first-order valence-corrected chi connectivity index (χ1v) is 16.0. The number of carbonyl (C=O) groups excluding carboxylic acids is 2. The van der Waals surface area contributed by atoms with Crippen LogP contribution in [0, 0.1) is 0 Å². The van der Waals surface area contributed by atoms with Crippen molar-refractivity contribution in [2.24, 2.45) is 0 Å². The number of rotatable bonds is 8. The molecular weight excluding hydrogens is 634 g/mol. The van der Waals surface area contributed by atoms with Crippen LogP contribution in [0.5, 0.6) is 0 Å². The molecule has 0 atom stereocenters. The van der Waals surface area contributed by atoms with E-state index >= 15 is 0 Å². The fourth-order valence-corrected chi connectivity index (χ4v) is 5.77. The SMILES string of the molecule is Nc1cc(C(=O)Nc2ccc(S(=O)(=O)O)cc2S(=O)(=O)O)cc(C(=O)Nc2ccc(S(=O)(=O)O)cc2S(=O)(=O)O)c1. The molecule has 0 aromatic heterocycles. The van der Waals surface area contributed by atoms with Gasteiger partial charge >= 0.3 is 0 Å². The van der Waals surface area contributed by atoms with Gasteiger partial charge in [-0.3, -0.25) is 27.8 Å². The third-order valence-corrected chi connectivity index (χ3v) is 8.52. The molecule has 0 aliphatic carbocycles. The van der Waals surface area contributed by atoms with E-state index in [-0.39, 0.29) is 5.69 Å². The zero-order valence-corrected chi connectivity index (χ0v) is 23.0. The van der Waals surface area contributed by atoms with Crippen molar-refractivity contribution in [3.63, 3.8) is 0 Å². The summed E-state index contributed by atoms with van der Waals surface area (Å²) in [4.78, 5) is 21.6. The first kappa shape index (κ1) is 31.6. The lowest BCUT2D eigenvalue weighted by Gasteiger charge is -2.13. The molecule has 0 aliphatic rings. The van der Waals surface area contributed by atoms with E-state index in [1.807, 2.05) is 0 Å². The van der Waals surface area contributed by atoms with Gasteiger partial charge in [0.2, 0.25) is 0 Å². The molecule has 17 nitrogen and oxygen atoms in total. The second kappa shape index (κ2) is 10.8. The first-order valence-electron chi connectivity index (χ1n) is 10.3. The molecule has 3 aromatic carbocycles. The highest BCUT2D eigenvalue weighted by molar-refractivity contribution is 7.87. The summed E-state index contributed by atoms with van der Waals surface area (Å²) in [6.45, 7) is 0. The van der Waals surface area contributed by atoms with Crippen LogP contribution in [-0.4, -0.2) is 63.7 Å². The average Bonchev–Trinajstić information content (AvgIpc) is 2.81. The van der Waals surface area contributed by atoms with Gasteiger partial charge in [-0.05, 0) is 54.6 Å². The van der Waals surface area contributed by atoms with Gasteiger partial charge in [0.15, 0.2) is 0 Å². The number of hydrogen-bond donors (Lipinski definition) is 7. The quantitative estimate of drug-likeness (QED) is 0.131. The standard InChI is InChI=1S/C20H17N3O14S4/c21-12-6-10(19(24)22-15-3-1-13(38(26,27)28)8-17(15)40(32,33)34)5-11(7-12)20(25)23-16-4-2-14(39(29,30)31)9-18(16)41(35,36)37/h1-9H,21H2,(H,22,24)(H,23,25)(H,26,27,28)(H,29,30,31)(H,32,33,34)(H,35,36,37). The fraction of sp³-hybridized carbons (Fsp3) is 0. The zero-order valence-electron chi connectivity index (χ0n) is 19.8. The van der Waals surface area contributed by atoms with Crippen LogP contribution in [-0.2, 0) is 40.5 Å². The molecule has 3 rings (SSSR count). The second-order valence-corrected chi connectivity index (χ2v) is 13.6. The molecule has 0 spiro atoms. The molecule has 220 valence electrons. The van der Waals surface area contributed by atoms with Crippen molar-refractivity contribution in [2.45, 2.75) is 19.6 Å². The van der Waals surface area contributed by atoms with Gasteiger partial charge in [-0.1, -0.05) is 0 Å². The van der Waals surface area contributed by atoms with E-state index in [2.05, 4.69) is 10.6 Å². The van der Waals surface area contributed by atoms with Crippen LogP contribution < -0.4 is 16.4 Å². The summed E-state index contributed by atoms with van der Waals surface area (Å²) in [7, 11) is -20.1. The lowest BCUT2D eigenvalue weighted by molar-refractivity contribution is 0.102. The van der Waals surface area contributed by atoms with E-state index in [0.29, 0.717) is 12.1 Å². The van der Waals surface area contributed by atoms with Crippen molar-refractivity contribution >= 4 is 69.3 Å². The molecule has 3 aromatic rings. The number of nitrogens with two attached hydrogens (primary N) is 1. The van der Waals surface area contributed by atoms with Gasteiger partial charge in [0.05, 0.1) is 21.2 Å². The van der Waals surface area contributed by atoms with Gasteiger partial charge in [0, 0.05) is 16.8 Å². The summed E-state index contributed by atoms with van der Waals surface area (Å²) in [5.41, 5.74) is 3.47. The lowest BCUT2D eigenvalue weighted by Crippen LogP contribution is -2.18. The predicted molar refractivity (Wildman–Crippen MR) is 139 cm³/mol. The Bertz CT molecular complexity index is 1900. The van der Waals surface area contributed by atoms with Crippen LogP contribution in [0.25, 0.3) is 0 Å². The number of nitrogen functional groups attached to an aromatic ring is 1. The van der Waals surface area contributed by atoms with Crippen LogP contribution in [0.2, 0.25) is 0 Å². The Hall–Kier alpha value is -3.96. The Kier molecular flexibility index (Phi) is 8.31. The van der Waals surface area contributed by atoms with Crippen molar-refractivity contribution in [2.75, 3.05) is 16.4 Å². The monoisotopic (exact) mass is 651 g/mol. The summed E-state index contributed by atoms with van der Waals surface area (Å²) in [5, 5.41) is 4.14. The Labute approximate surface area is 232 Å². The van der Waals surface area contributed by atoms with E-state index < -0.39 is 94.4 Å². The smallest absolute Gasteiger partial charge is 0.296 e. The first-order chi connectivity index (χ1) is 18.6. The summed E-state index contributed by atoms with van der Waals surface area (Å²) in [6, 6.07) is 6.63. The number of hydrogen-bond acceptors (Lipinski definition) is 11. The molecule has 2 amide bonds. The number of anilines is 3. The third kappa shape index (κ3) is 7.62. The van der Waals surface area contributed by atoms with Crippen molar-refractivity contribution < 1.29 is 61.5 Å². The molecule has 0 radical (unpaired) electrons. The summed E-state index contributed by atoms with van der Waals surface area (Å²) < 4.78 is 129. The Morgan fingerprint density at radius 1 is 0.537 bits per heavy atom. The second-order valence-electron chi connectivity index (χ2n) is 7.97. The summed E-state index contributed by atoms with van der Waals surface area (Å²) >= 11 is 0. The van der Waals surface area contributed by atoms with Gasteiger partial charge in [0.1, 0.15) is 9.79 Å². The number of amides is 2. The van der Waals surface area contributed by atoms with Gasteiger partial charge < -0.3 is 16.4 Å². The number of carbonyl (C=O) groups is 2. The minimum Gasteiger partial charge on any atom is -0.399 e. The summed E-state index contributed by atoms with van der Waals surface area (Å²) in [6.07, 6.45) is 0. The van der Waals surface area contributed by atoms with Crippen LogP contribution in [0.4, 0.5) is 17.1 Å². The maximum absolute atomic E-state index is 12.8.